The van der Waals surface area contributed by atoms with E-state index in [0.29, 0.717) is 11.8 Å². The van der Waals surface area contributed by atoms with Crippen LogP contribution in [0.2, 0.25) is 0 Å². The van der Waals surface area contributed by atoms with Crippen molar-refractivity contribution in [3.63, 3.8) is 0 Å². The van der Waals surface area contributed by atoms with Gasteiger partial charge in [0.1, 0.15) is 0 Å². The molecule has 1 saturated heterocycles. The van der Waals surface area contributed by atoms with Crippen molar-refractivity contribution >= 4 is 5.91 Å². The molecule has 0 radical (unpaired) electrons. The molecular formula is C21H30N4O2. The second-order valence-electron chi connectivity index (χ2n) is 7.68. The molecule has 6 nitrogen and oxygen atoms in total. The Hall–Kier alpha value is -2.34. The van der Waals surface area contributed by atoms with Gasteiger partial charge < -0.3 is 15.3 Å². The zero-order chi connectivity index (χ0) is 19.4. The van der Waals surface area contributed by atoms with Crippen LogP contribution in [0.15, 0.2) is 30.5 Å². The monoisotopic (exact) mass is 370 g/mol. The molecule has 0 atom stereocenters. The van der Waals surface area contributed by atoms with Gasteiger partial charge in [-0.2, -0.15) is 5.10 Å². The third-order valence-corrected chi connectivity index (χ3v) is 5.43. The third kappa shape index (κ3) is 4.50. The highest BCUT2D eigenvalue weighted by Crippen LogP contribution is 2.25. The van der Waals surface area contributed by atoms with E-state index >= 15 is 0 Å². The molecule has 1 aromatic heterocycles. The van der Waals surface area contributed by atoms with Gasteiger partial charge in [-0.15, -0.1) is 0 Å². The van der Waals surface area contributed by atoms with Gasteiger partial charge in [0.25, 0.3) is 5.91 Å². The van der Waals surface area contributed by atoms with E-state index in [1.54, 1.807) is 4.68 Å². The van der Waals surface area contributed by atoms with Crippen molar-refractivity contribution in [2.45, 2.75) is 39.0 Å². The molecule has 2 aromatic rings. The second kappa shape index (κ2) is 8.57. The quantitative estimate of drug-likeness (QED) is 0.819. The van der Waals surface area contributed by atoms with E-state index in [0.717, 1.165) is 44.6 Å². The molecule has 1 aliphatic heterocycles. The van der Waals surface area contributed by atoms with Crippen LogP contribution in [0.4, 0.5) is 0 Å². The molecule has 1 amide bonds. The highest BCUT2D eigenvalue weighted by molar-refractivity contribution is 5.94. The molecule has 1 fully saturated rings. The van der Waals surface area contributed by atoms with Gasteiger partial charge in [-0.25, -0.2) is 4.68 Å². The summed E-state index contributed by atoms with van der Waals surface area (Å²) in [5.74, 6) is 0.868. The molecule has 6 heteroatoms. The molecule has 0 saturated carbocycles. The summed E-state index contributed by atoms with van der Waals surface area (Å²) in [7, 11) is 1.97. The van der Waals surface area contributed by atoms with Gasteiger partial charge in [-0.1, -0.05) is 26.0 Å². The van der Waals surface area contributed by atoms with Crippen LogP contribution in [0.5, 0.6) is 5.75 Å². The predicted molar refractivity (Wildman–Crippen MR) is 106 cm³/mol. The first kappa shape index (κ1) is 19.4. The number of amides is 1. The lowest BCUT2D eigenvalue weighted by atomic mass is 9.93. The summed E-state index contributed by atoms with van der Waals surface area (Å²) in [4.78, 5) is 14.6. The number of aromatic hydroxyl groups is 1. The number of likely N-dealkylation sites (tertiary alicyclic amines) is 1. The van der Waals surface area contributed by atoms with Crippen molar-refractivity contribution in [2.75, 3.05) is 26.7 Å². The molecule has 0 bridgehead atoms. The van der Waals surface area contributed by atoms with Crippen molar-refractivity contribution < 1.29 is 9.90 Å². The molecule has 2 N–H and O–H groups in total. The smallest absolute Gasteiger partial charge is 0.278 e. The maximum Gasteiger partial charge on any atom is 0.278 e. The molecule has 0 spiro atoms. The number of nitrogens with one attached hydrogen (secondary N) is 1. The van der Waals surface area contributed by atoms with Gasteiger partial charge >= 0.3 is 0 Å². The van der Waals surface area contributed by atoms with Crippen LogP contribution < -0.4 is 5.32 Å². The first-order valence-electron chi connectivity index (χ1n) is 9.82. The number of hydrogen-bond donors (Lipinski definition) is 2. The molecule has 3 rings (SSSR count). The zero-order valence-electron chi connectivity index (χ0n) is 16.5. The number of carbonyl (C=O) groups is 1. The van der Waals surface area contributed by atoms with Gasteiger partial charge in [-0.3, -0.25) is 4.79 Å². The molecule has 1 aromatic carbocycles. The number of benzene rings is 1. The molecule has 2 heterocycles. The van der Waals surface area contributed by atoms with Crippen LogP contribution in [0.25, 0.3) is 5.69 Å². The van der Waals surface area contributed by atoms with Crippen molar-refractivity contribution in [3.8, 4) is 11.4 Å². The van der Waals surface area contributed by atoms with Gasteiger partial charge in [0.15, 0.2) is 11.4 Å². The third-order valence-electron chi connectivity index (χ3n) is 5.43. The average Bonchev–Trinajstić information content (AvgIpc) is 3.08. The van der Waals surface area contributed by atoms with Crippen LogP contribution in [-0.4, -0.2) is 52.4 Å². The normalized spacial score (nSPS) is 15.5. The summed E-state index contributed by atoms with van der Waals surface area (Å²) >= 11 is 0. The van der Waals surface area contributed by atoms with Crippen molar-refractivity contribution in [1.29, 1.82) is 0 Å². The lowest BCUT2D eigenvalue weighted by molar-refractivity contribution is 0.0677. The molecule has 0 unspecified atom stereocenters. The fourth-order valence-corrected chi connectivity index (χ4v) is 3.58. The average molecular weight is 370 g/mol. The van der Waals surface area contributed by atoms with Crippen LogP contribution in [0.3, 0.4) is 0 Å². The minimum atomic E-state index is -0.183. The van der Waals surface area contributed by atoms with Crippen LogP contribution in [0, 0.1) is 5.92 Å². The minimum Gasteiger partial charge on any atom is -0.504 e. The maximum absolute atomic E-state index is 12.8. The van der Waals surface area contributed by atoms with E-state index in [2.05, 4.69) is 36.4 Å². The first-order chi connectivity index (χ1) is 13.0. The SMILES string of the molecule is CNCCC1CCN(C(=O)c2nn(-c3ccc(C(C)C)cc3)cc2O)CC1. The highest BCUT2D eigenvalue weighted by atomic mass is 16.3. The first-order valence-corrected chi connectivity index (χ1v) is 9.82. The summed E-state index contributed by atoms with van der Waals surface area (Å²) < 4.78 is 1.58. The maximum atomic E-state index is 12.8. The largest absolute Gasteiger partial charge is 0.504 e. The van der Waals surface area contributed by atoms with Crippen molar-refractivity contribution in [1.82, 2.24) is 20.0 Å². The van der Waals surface area contributed by atoms with Crippen LogP contribution in [-0.2, 0) is 0 Å². The Morgan fingerprint density at radius 1 is 1.26 bits per heavy atom. The highest BCUT2D eigenvalue weighted by Gasteiger charge is 2.27. The Morgan fingerprint density at radius 2 is 1.93 bits per heavy atom. The predicted octanol–water partition coefficient (Wildman–Crippen LogP) is 3.16. The van der Waals surface area contributed by atoms with E-state index in [-0.39, 0.29) is 17.4 Å². The van der Waals surface area contributed by atoms with E-state index in [4.69, 9.17) is 0 Å². The molecule has 146 valence electrons. The van der Waals surface area contributed by atoms with Crippen molar-refractivity contribution in [2.24, 2.45) is 5.92 Å². The van der Waals surface area contributed by atoms with E-state index in [1.165, 1.54) is 11.8 Å². The molecule has 1 aliphatic rings. The summed E-state index contributed by atoms with van der Waals surface area (Å²) in [5, 5.41) is 17.8. The van der Waals surface area contributed by atoms with Crippen LogP contribution in [0.1, 0.15) is 55.1 Å². The van der Waals surface area contributed by atoms with E-state index < -0.39 is 0 Å². The number of carbonyl (C=O) groups excluding carboxylic acids is 1. The Morgan fingerprint density at radius 3 is 2.52 bits per heavy atom. The van der Waals surface area contributed by atoms with E-state index in [9.17, 15) is 9.90 Å². The fourth-order valence-electron chi connectivity index (χ4n) is 3.58. The molecule has 0 aliphatic carbocycles. The van der Waals surface area contributed by atoms with Gasteiger partial charge in [0.2, 0.25) is 0 Å². The Balaban J connectivity index is 1.68. The Kier molecular flexibility index (Phi) is 6.16. The van der Waals surface area contributed by atoms with Crippen molar-refractivity contribution in [3.05, 3.63) is 41.7 Å². The lowest BCUT2D eigenvalue weighted by Crippen LogP contribution is -2.39. The lowest BCUT2D eigenvalue weighted by Gasteiger charge is -2.31. The zero-order valence-corrected chi connectivity index (χ0v) is 16.5. The number of piperidine rings is 1. The van der Waals surface area contributed by atoms with Gasteiger partial charge in [-0.05, 0) is 62.4 Å². The number of nitrogens with zero attached hydrogens (tertiary/aromatic N) is 3. The van der Waals surface area contributed by atoms with Crippen LogP contribution >= 0.6 is 0 Å². The van der Waals surface area contributed by atoms with E-state index in [1.807, 2.05) is 24.1 Å². The summed E-state index contributed by atoms with van der Waals surface area (Å²) in [6.07, 6.45) is 4.67. The fraction of sp³-hybridized carbons (Fsp3) is 0.524. The topological polar surface area (TPSA) is 70.4 Å². The standard InChI is InChI=1S/C21H30N4O2/c1-15(2)17-4-6-18(7-5-17)25-14-19(26)20(23-25)21(27)24-12-9-16(10-13-24)8-11-22-3/h4-7,14-16,22,26H,8-13H2,1-3H3. The van der Waals surface area contributed by atoms with Gasteiger partial charge in [0.05, 0.1) is 11.9 Å². The number of rotatable bonds is 6. The molecule has 27 heavy (non-hydrogen) atoms. The molecular weight excluding hydrogens is 340 g/mol. The summed E-state index contributed by atoms with van der Waals surface area (Å²) in [5.41, 5.74) is 2.21. The number of hydrogen-bond acceptors (Lipinski definition) is 4. The summed E-state index contributed by atoms with van der Waals surface area (Å²) in [6, 6.07) is 8.03. The van der Waals surface area contributed by atoms with Gasteiger partial charge in [0, 0.05) is 13.1 Å². The Labute approximate surface area is 161 Å². The number of aromatic nitrogens is 2. The summed E-state index contributed by atoms with van der Waals surface area (Å²) in [6.45, 7) is 6.76. The minimum absolute atomic E-state index is 0.0646. The second-order valence-corrected chi connectivity index (χ2v) is 7.68. The Bertz CT molecular complexity index is 759.